The van der Waals surface area contributed by atoms with Crippen LogP contribution in [0.3, 0.4) is 0 Å². The van der Waals surface area contributed by atoms with Crippen molar-refractivity contribution in [1.82, 2.24) is 10.2 Å². The molecule has 0 aromatic carbocycles. The molecular formula is C15H26N2O5. The third kappa shape index (κ3) is 6.01. The fourth-order valence-electron chi connectivity index (χ4n) is 2.41. The van der Waals surface area contributed by atoms with Gasteiger partial charge in [0.1, 0.15) is 6.04 Å². The highest BCUT2D eigenvalue weighted by Crippen LogP contribution is 2.20. The lowest BCUT2D eigenvalue weighted by molar-refractivity contribution is -0.153. The van der Waals surface area contributed by atoms with E-state index in [1.54, 1.807) is 0 Å². The third-order valence-electron chi connectivity index (χ3n) is 3.61. The van der Waals surface area contributed by atoms with Crippen molar-refractivity contribution in [2.24, 2.45) is 0 Å². The van der Waals surface area contributed by atoms with Crippen molar-refractivity contribution < 1.29 is 23.9 Å². The lowest BCUT2D eigenvalue weighted by Gasteiger charge is -2.23. The molecule has 22 heavy (non-hydrogen) atoms. The van der Waals surface area contributed by atoms with Crippen LogP contribution in [0.15, 0.2) is 0 Å². The molecule has 1 amide bonds. The highest BCUT2D eigenvalue weighted by atomic mass is 16.5. The molecule has 1 aliphatic heterocycles. The molecule has 1 rings (SSSR count). The minimum absolute atomic E-state index is 0.0380. The van der Waals surface area contributed by atoms with Gasteiger partial charge in [-0.25, -0.2) is 4.79 Å². The van der Waals surface area contributed by atoms with E-state index < -0.39 is 12.0 Å². The van der Waals surface area contributed by atoms with Gasteiger partial charge in [-0.05, 0) is 32.4 Å². The van der Waals surface area contributed by atoms with Gasteiger partial charge in [-0.2, -0.15) is 0 Å². The van der Waals surface area contributed by atoms with Crippen LogP contribution in [-0.2, 0) is 23.9 Å². The lowest BCUT2D eigenvalue weighted by atomic mass is 10.2. The molecule has 0 aliphatic carbocycles. The van der Waals surface area contributed by atoms with Crippen LogP contribution in [0.5, 0.6) is 0 Å². The molecule has 7 heteroatoms. The number of nitrogens with zero attached hydrogens (tertiary/aromatic N) is 1. The molecule has 1 aliphatic rings. The molecular weight excluding hydrogens is 288 g/mol. The lowest BCUT2D eigenvalue weighted by Crippen LogP contribution is -2.41. The Hall–Kier alpha value is -1.63. The monoisotopic (exact) mass is 314 g/mol. The minimum Gasteiger partial charge on any atom is -0.469 e. The highest BCUT2D eigenvalue weighted by Gasteiger charge is 2.35. The van der Waals surface area contributed by atoms with E-state index in [1.165, 1.54) is 12.0 Å². The Labute approximate surface area is 131 Å². The fourth-order valence-corrected chi connectivity index (χ4v) is 2.41. The molecule has 0 aromatic heterocycles. The first-order valence-corrected chi connectivity index (χ1v) is 7.83. The van der Waals surface area contributed by atoms with Gasteiger partial charge < -0.3 is 19.7 Å². The number of amides is 1. The molecule has 0 aromatic rings. The van der Waals surface area contributed by atoms with Crippen molar-refractivity contribution in [1.29, 1.82) is 0 Å². The van der Waals surface area contributed by atoms with Gasteiger partial charge in [0.25, 0.3) is 0 Å². The van der Waals surface area contributed by atoms with E-state index in [0.29, 0.717) is 19.6 Å². The predicted octanol–water partition coefficient (Wildman–Crippen LogP) is 0.473. The van der Waals surface area contributed by atoms with Crippen molar-refractivity contribution in [3.8, 4) is 0 Å². The number of hydrogen-bond donors (Lipinski definition) is 1. The normalized spacial score (nSPS) is 17.4. The average Bonchev–Trinajstić information content (AvgIpc) is 3.01. The molecule has 0 spiro atoms. The summed E-state index contributed by atoms with van der Waals surface area (Å²) in [4.78, 5) is 36.8. The summed E-state index contributed by atoms with van der Waals surface area (Å²) in [7, 11) is 1.29. The molecule has 1 saturated heterocycles. The van der Waals surface area contributed by atoms with Gasteiger partial charge in [0, 0.05) is 13.0 Å². The van der Waals surface area contributed by atoms with Crippen molar-refractivity contribution in [2.75, 3.05) is 33.4 Å². The minimum atomic E-state index is -0.510. The number of esters is 2. The maximum absolute atomic E-state index is 12.1. The van der Waals surface area contributed by atoms with E-state index in [9.17, 15) is 14.4 Å². The van der Waals surface area contributed by atoms with Crippen LogP contribution in [0, 0.1) is 0 Å². The van der Waals surface area contributed by atoms with Gasteiger partial charge >= 0.3 is 11.9 Å². The second-order valence-electron chi connectivity index (χ2n) is 5.20. The molecule has 1 fully saturated rings. The number of ether oxygens (including phenoxy) is 2. The first-order valence-electron chi connectivity index (χ1n) is 7.83. The number of methoxy groups -OCH3 is 1. The van der Waals surface area contributed by atoms with Crippen LogP contribution in [0.25, 0.3) is 0 Å². The summed E-state index contributed by atoms with van der Waals surface area (Å²) in [6, 6.07) is -0.510. The standard InChI is InChI=1S/C15H26N2O5/c1-3-16-9-5-11-22-15(20)12-6-4-10-17(12)13(18)7-8-14(19)21-2/h12,16H,3-11H2,1-2H3. The Morgan fingerprint density at radius 3 is 2.73 bits per heavy atom. The zero-order valence-corrected chi connectivity index (χ0v) is 13.4. The quantitative estimate of drug-likeness (QED) is 0.492. The predicted molar refractivity (Wildman–Crippen MR) is 80.1 cm³/mol. The molecule has 126 valence electrons. The highest BCUT2D eigenvalue weighted by molar-refractivity contribution is 5.87. The summed E-state index contributed by atoms with van der Waals surface area (Å²) in [6.07, 6.45) is 2.26. The molecule has 1 unspecified atom stereocenters. The van der Waals surface area contributed by atoms with Crippen molar-refractivity contribution in [3.05, 3.63) is 0 Å². The van der Waals surface area contributed by atoms with Gasteiger partial charge in [0.2, 0.25) is 5.91 Å². The van der Waals surface area contributed by atoms with Crippen molar-refractivity contribution >= 4 is 17.8 Å². The van der Waals surface area contributed by atoms with Gasteiger partial charge in [-0.3, -0.25) is 9.59 Å². The van der Waals surface area contributed by atoms with Crippen LogP contribution in [-0.4, -0.2) is 62.1 Å². The number of hydrogen-bond acceptors (Lipinski definition) is 6. The second kappa shape index (κ2) is 10.2. The van der Waals surface area contributed by atoms with Gasteiger partial charge in [-0.15, -0.1) is 0 Å². The molecule has 0 saturated carbocycles. The van der Waals surface area contributed by atoms with Crippen LogP contribution >= 0.6 is 0 Å². The Morgan fingerprint density at radius 1 is 1.27 bits per heavy atom. The zero-order valence-electron chi connectivity index (χ0n) is 13.4. The Bertz CT molecular complexity index is 386. The average molecular weight is 314 g/mol. The fraction of sp³-hybridized carbons (Fsp3) is 0.800. The summed E-state index contributed by atoms with van der Waals surface area (Å²) in [5.41, 5.74) is 0. The summed E-state index contributed by atoms with van der Waals surface area (Å²) in [5, 5.41) is 3.15. The SMILES string of the molecule is CCNCCCOC(=O)C1CCCN1C(=O)CCC(=O)OC. The van der Waals surface area contributed by atoms with Crippen molar-refractivity contribution in [3.63, 3.8) is 0 Å². The maximum atomic E-state index is 12.1. The number of carbonyl (C=O) groups excluding carboxylic acids is 3. The summed E-state index contributed by atoms with van der Waals surface area (Å²) in [5.74, 6) is -0.965. The largest absolute Gasteiger partial charge is 0.469 e. The molecule has 1 N–H and O–H groups in total. The first-order chi connectivity index (χ1) is 10.6. The van der Waals surface area contributed by atoms with E-state index in [2.05, 4.69) is 10.1 Å². The van der Waals surface area contributed by atoms with Gasteiger partial charge in [-0.1, -0.05) is 6.92 Å². The zero-order chi connectivity index (χ0) is 16.4. The smallest absolute Gasteiger partial charge is 0.328 e. The molecule has 7 nitrogen and oxygen atoms in total. The van der Waals surface area contributed by atoms with E-state index in [-0.39, 0.29) is 24.7 Å². The van der Waals surface area contributed by atoms with E-state index in [1.807, 2.05) is 6.92 Å². The van der Waals surface area contributed by atoms with Crippen molar-refractivity contribution in [2.45, 2.75) is 45.1 Å². The second-order valence-corrected chi connectivity index (χ2v) is 5.20. The number of rotatable bonds is 9. The van der Waals surface area contributed by atoms with Crippen LogP contribution < -0.4 is 5.32 Å². The number of nitrogens with one attached hydrogen (secondary N) is 1. The molecule has 0 bridgehead atoms. The summed E-state index contributed by atoms with van der Waals surface area (Å²) in [6.45, 7) is 4.60. The molecule has 0 radical (unpaired) electrons. The Balaban J connectivity index is 2.36. The number of carbonyl (C=O) groups is 3. The summed E-state index contributed by atoms with van der Waals surface area (Å²) < 4.78 is 9.75. The van der Waals surface area contributed by atoms with Crippen LogP contribution in [0.4, 0.5) is 0 Å². The number of likely N-dealkylation sites (tertiary alicyclic amines) is 1. The summed E-state index contributed by atoms with van der Waals surface area (Å²) >= 11 is 0. The van der Waals surface area contributed by atoms with Gasteiger partial charge in [0.15, 0.2) is 0 Å². The van der Waals surface area contributed by atoms with E-state index in [4.69, 9.17) is 4.74 Å². The third-order valence-corrected chi connectivity index (χ3v) is 3.61. The molecule has 1 atom stereocenters. The van der Waals surface area contributed by atoms with Crippen LogP contribution in [0.1, 0.15) is 39.0 Å². The topological polar surface area (TPSA) is 84.9 Å². The Morgan fingerprint density at radius 2 is 2.05 bits per heavy atom. The van der Waals surface area contributed by atoms with Crippen LogP contribution in [0.2, 0.25) is 0 Å². The first kappa shape index (κ1) is 18.4. The van der Waals surface area contributed by atoms with E-state index in [0.717, 1.165) is 25.9 Å². The Kier molecular flexibility index (Phi) is 8.50. The molecule has 1 heterocycles. The van der Waals surface area contributed by atoms with E-state index >= 15 is 0 Å². The van der Waals surface area contributed by atoms with Gasteiger partial charge in [0.05, 0.1) is 20.1 Å². The maximum Gasteiger partial charge on any atom is 0.328 e.